The van der Waals surface area contributed by atoms with Gasteiger partial charge in [0.25, 0.3) is 0 Å². The average molecular weight is 404 g/mol. The molecule has 30 heavy (non-hydrogen) atoms. The molecule has 0 saturated carbocycles. The molecule has 0 bridgehead atoms. The molecule has 2 aliphatic rings. The molecule has 0 unspecified atom stereocenters. The Bertz CT molecular complexity index is 908. The van der Waals surface area contributed by atoms with Crippen LogP contribution in [0, 0.1) is 17.2 Å². The summed E-state index contributed by atoms with van der Waals surface area (Å²) in [5.41, 5.74) is 14.7. The Labute approximate surface area is 178 Å². The van der Waals surface area contributed by atoms with Crippen LogP contribution in [0.4, 0.5) is 5.82 Å². The molecule has 1 aromatic heterocycles. The Morgan fingerprint density at radius 2 is 1.87 bits per heavy atom. The van der Waals surface area contributed by atoms with Crippen molar-refractivity contribution < 1.29 is 0 Å². The first-order valence-corrected chi connectivity index (χ1v) is 10.1. The van der Waals surface area contributed by atoms with Crippen molar-refractivity contribution >= 4 is 5.82 Å². The maximum Gasteiger partial charge on any atom is 0.150 e. The van der Waals surface area contributed by atoms with Crippen LogP contribution in [-0.4, -0.2) is 41.0 Å². The molecule has 1 aromatic rings. The molecule has 0 radical (unpaired) electrons. The topological polar surface area (TPSA) is 108 Å². The number of nitriles is 1. The summed E-state index contributed by atoms with van der Waals surface area (Å²) in [6.07, 6.45) is 13.8. The van der Waals surface area contributed by atoms with E-state index >= 15 is 0 Å². The number of nitrogens with two attached hydrogens (primary N) is 2. The zero-order valence-electron chi connectivity index (χ0n) is 17.2. The molecule has 0 amide bonds. The highest BCUT2D eigenvalue weighted by molar-refractivity contribution is 5.47. The molecular weight excluding hydrogens is 374 g/mol. The molecule has 0 atom stereocenters. The van der Waals surface area contributed by atoms with Crippen LogP contribution in [0.15, 0.2) is 73.0 Å². The number of aromatic nitrogens is 2. The maximum absolute atomic E-state index is 9.13. The van der Waals surface area contributed by atoms with E-state index in [9.17, 15) is 0 Å². The number of rotatable bonds is 7. The van der Waals surface area contributed by atoms with Gasteiger partial charge < -0.3 is 21.3 Å². The molecule has 156 valence electrons. The zero-order chi connectivity index (χ0) is 21.5. The summed E-state index contributed by atoms with van der Waals surface area (Å²) in [7, 11) is 0. The van der Waals surface area contributed by atoms with Gasteiger partial charge in [-0.3, -0.25) is 4.98 Å². The van der Waals surface area contributed by atoms with Gasteiger partial charge in [-0.15, -0.1) is 0 Å². The van der Waals surface area contributed by atoms with Gasteiger partial charge in [-0.2, -0.15) is 5.26 Å². The highest BCUT2D eigenvalue weighted by Gasteiger charge is 2.33. The normalized spacial score (nSPS) is 18.9. The van der Waals surface area contributed by atoms with Crippen LogP contribution in [0.25, 0.3) is 0 Å². The Kier molecular flexibility index (Phi) is 6.91. The van der Waals surface area contributed by atoms with Gasteiger partial charge in [0.1, 0.15) is 0 Å². The van der Waals surface area contributed by atoms with Gasteiger partial charge in [-0.1, -0.05) is 25.3 Å². The van der Waals surface area contributed by atoms with Crippen molar-refractivity contribution in [2.24, 2.45) is 17.4 Å². The zero-order valence-corrected chi connectivity index (χ0v) is 17.2. The highest BCUT2D eigenvalue weighted by atomic mass is 15.2. The minimum Gasteiger partial charge on any atom is -0.405 e. The van der Waals surface area contributed by atoms with Crippen LogP contribution in [-0.2, 0) is 0 Å². The van der Waals surface area contributed by atoms with Crippen molar-refractivity contribution in [2.45, 2.75) is 18.8 Å². The third-order valence-electron chi connectivity index (χ3n) is 5.64. The number of allylic oxidation sites excluding steroid dienone is 5. The van der Waals surface area contributed by atoms with Crippen molar-refractivity contribution in [3.63, 3.8) is 0 Å². The van der Waals surface area contributed by atoms with E-state index in [0.717, 1.165) is 61.8 Å². The molecule has 2 fully saturated rings. The number of nitrogens with zero attached hydrogens (tertiary/aromatic N) is 5. The molecule has 4 N–H and O–H groups in total. The molecule has 0 spiro atoms. The fourth-order valence-electron chi connectivity index (χ4n) is 3.75. The molecule has 3 rings (SSSR count). The minimum atomic E-state index is 0.152. The summed E-state index contributed by atoms with van der Waals surface area (Å²) in [5.74, 6) is 1.42. The predicted molar refractivity (Wildman–Crippen MR) is 120 cm³/mol. The molecule has 0 aliphatic carbocycles. The molecule has 7 heteroatoms. The summed E-state index contributed by atoms with van der Waals surface area (Å²) in [4.78, 5) is 13.7. The largest absolute Gasteiger partial charge is 0.405 e. The van der Waals surface area contributed by atoms with Crippen LogP contribution in [0.5, 0.6) is 0 Å². The molecule has 7 nitrogen and oxygen atoms in total. The summed E-state index contributed by atoms with van der Waals surface area (Å²) in [6.45, 7) is 11.3. The Morgan fingerprint density at radius 3 is 2.50 bits per heavy atom. The lowest BCUT2D eigenvalue weighted by atomic mass is 9.93. The smallest absolute Gasteiger partial charge is 0.150 e. The second-order valence-corrected chi connectivity index (χ2v) is 7.56. The fraction of sp³-hybridized carbons (Fsp3) is 0.348. The van der Waals surface area contributed by atoms with E-state index in [1.165, 1.54) is 6.20 Å². The van der Waals surface area contributed by atoms with Gasteiger partial charge in [-0.25, -0.2) is 4.98 Å². The van der Waals surface area contributed by atoms with E-state index < -0.39 is 0 Å². The fourth-order valence-corrected chi connectivity index (χ4v) is 3.75. The van der Waals surface area contributed by atoms with Crippen LogP contribution in [0.2, 0.25) is 0 Å². The Hall–Kier alpha value is -3.53. The summed E-state index contributed by atoms with van der Waals surface area (Å²) < 4.78 is 0. The summed E-state index contributed by atoms with van der Waals surface area (Å²) in [5, 5.41) is 9.13. The maximum atomic E-state index is 9.13. The standard InChI is InChI=1S/C23H29N7/c1-3-19(21(26)6-9-24)5-4-17(2)30-15-20(16-30)22-23(28-11-10-27-22)29-12-7-18(14-25)8-13-29/h3-6,9-11,18,20H,1-2,7-8,12-13,15-16,24,26H2/b5-4-,9-6-,21-19-. The van der Waals surface area contributed by atoms with Crippen molar-refractivity contribution in [2.75, 3.05) is 31.1 Å². The monoisotopic (exact) mass is 403 g/mol. The van der Waals surface area contributed by atoms with E-state index in [4.69, 9.17) is 16.7 Å². The van der Waals surface area contributed by atoms with E-state index in [1.807, 2.05) is 12.2 Å². The van der Waals surface area contributed by atoms with Gasteiger partial charge in [0.15, 0.2) is 5.82 Å². The molecular formula is C23H29N7. The SMILES string of the molecule is C=CC(/C=C\C(=C)N1CC(c2nccnc2N2CCC(C#N)CC2)C1)=C(N)\C=C/N. The third kappa shape index (κ3) is 4.71. The van der Waals surface area contributed by atoms with E-state index in [2.05, 4.69) is 39.0 Å². The van der Waals surface area contributed by atoms with Crippen LogP contribution in [0.1, 0.15) is 24.5 Å². The summed E-state index contributed by atoms with van der Waals surface area (Å²) in [6, 6.07) is 2.38. The van der Waals surface area contributed by atoms with Gasteiger partial charge in [-0.05, 0) is 36.8 Å². The van der Waals surface area contributed by atoms with Gasteiger partial charge in [0.2, 0.25) is 0 Å². The predicted octanol–water partition coefficient (Wildman–Crippen LogP) is 2.56. The van der Waals surface area contributed by atoms with Crippen molar-refractivity contribution in [3.8, 4) is 6.07 Å². The second-order valence-electron chi connectivity index (χ2n) is 7.56. The van der Waals surface area contributed by atoms with Crippen LogP contribution in [0.3, 0.4) is 0 Å². The molecule has 0 aromatic carbocycles. The van der Waals surface area contributed by atoms with Crippen molar-refractivity contribution in [1.29, 1.82) is 5.26 Å². The first-order chi connectivity index (χ1) is 14.6. The quantitative estimate of drug-likeness (QED) is 0.674. The second kappa shape index (κ2) is 9.79. The highest BCUT2D eigenvalue weighted by Crippen LogP contribution is 2.34. The van der Waals surface area contributed by atoms with Crippen molar-refractivity contribution in [3.05, 3.63) is 78.7 Å². The Morgan fingerprint density at radius 1 is 1.17 bits per heavy atom. The molecule has 2 saturated heterocycles. The number of likely N-dealkylation sites (tertiary alicyclic amines) is 1. The average Bonchev–Trinajstić information content (AvgIpc) is 2.74. The third-order valence-corrected chi connectivity index (χ3v) is 5.64. The number of hydrogen-bond donors (Lipinski definition) is 2. The van der Waals surface area contributed by atoms with Crippen molar-refractivity contribution in [1.82, 2.24) is 14.9 Å². The molecule has 3 heterocycles. The van der Waals surface area contributed by atoms with Crippen LogP contribution < -0.4 is 16.4 Å². The van der Waals surface area contributed by atoms with E-state index in [-0.39, 0.29) is 5.92 Å². The summed E-state index contributed by atoms with van der Waals surface area (Å²) >= 11 is 0. The number of piperidine rings is 1. The molecule has 2 aliphatic heterocycles. The Balaban J connectivity index is 1.63. The van der Waals surface area contributed by atoms with E-state index in [1.54, 1.807) is 24.5 Å². The lowest BCUT2D eigenvalue weighted by Gasteiger charge is -2.42. The lowest BCUT2D eigenvalue weighted by Crippen LogP contribution is -2.45. The number of hydrogen-bond acceptors (Lipinski definition) is 7. The lowest BCUT2D eigenvalue weighted by molar-refractivity contribution is 0.203. The minimum absolute atomic E-state index is 0.152. The van der Waals surface area contributed by atoms with Crippen LogP contribution >= 0.6 is 0 Å². The number of anilines is 1. The first-order valence-electron chi connectivity index (χ1n) is 10.1. The van der Waals surface area contributed by atoms with Gasteiger partial charge >= 0.3 is 0 Å². The first kappa shape index (κ1) is 21.2. The van der Waals surface area contributed by atoms with Gasteiger partial charge in [0, 0.05) is 61.8 Å². The van der Waals surface area contributed by atoms with Gasteiger partial charge in [0.05, 0.1) is 11.8 Å². The van der Waals surface area contributed by atoms with E-state index in [0.29, 0.717) is 11.6 Å².